The Morgan fingerprint density at radius 2 is 1.76 bits per heavy atom. The summed E-state index contributed by atoms with van der Waals surface area (Å²) in [6.07, 6.45) is 8.55. The van der Waals surface area contributed by atoms with Crippen molar-refractivity contribution < 1.29 is 18.3 Å². The van der Waals surface area contributed by atoms with Crippen LogP contribution >= 0.6 is 0 Å². The summed E-state index contributed by atoms with van der Waals surface area (Å²) in [7, 11) is 0. The molecule has 1 aliphatic rings. The zero-order valence-electron chi connectivity index (χ0n) is 17.3. The highest BCUT2D eigenvalue weighted by Crippen LogP contribution is 2.36. The highest BCUT2D eigenvalue weighted by Gasteiger charge is 2.25. The molecule has 1 atom stereocenters. The number of ether oxygens (including phenoxy) is 1. The standard InChI is InChI=1S/C25H30F2O2/c1-3-4-18-5-8-20(9-6-18)17(2)15-19-7-14-23(24(27)16-19)25(28)29-22-12-10-21(26)11-13-22/h7,10-14,16-18,20H,3-6,8-9,15H2,1-2H3. The molecule has 1 aliphatic carbocycles. The molecular formula is C25H30F2O2. The summed E-state index contributed by atoms with van der Waals surface area (Å²) in [6.45, 7) is 4.50. The predicted octanol–water partition coefficient (Wildman–Crippen LogP) is 6.97. The molecule has 2 aromatic carbocycles. The third kappa shape index (κ3) is 5.88. The molecule has 4 heteroatoms. The summed E-state index contributed by atoms with van der Waals surface area (Å²) in [5, 5.41) is 0. The van der Waals surface area contributed by atoms with Crippen molar-refractivity contribution in [3.8, 4) is 5.75 Å². The van der Waals surface area contributed by atoms with Crippen LogP contribution in [0.5, 0.6) is 5.75 Å². The molecule has 0 amide bonds. The topological polar surface area (TPSA) is 26.3 Å². The summed E-state index contributed by atoms with van der Waals surface area (Å²) < 4.78 is 32.6. The highest BCUT2D eigenvalue weighted by atomic mass is 19.1. The molecule has 2 nitrogen and oxygen atoms in total. The molecule has 1 saturated carbocycles. The van der Waals surface area contributed by atoms with Gasteiger partial charge in [-0.2, -0.15) is 0 Å². The van der Waals surface area contributed by atoms with Crippen molar-refractivity contribution >= 4 is 5.97 Å². The second kappa shape index (κ2) is 10.00. The first-order chi connectivity index (χ1) is 14.0. The van der Waals surface area contributed by atoms with E-state index in [0.717, 1.165) is 17.9 Å². The van der Waals surface area contributed by atoms with Gasteiger partial charge in [0.2, 0.25) is 0 Å². The Morgan fingerprint density at radius 3 is 2.38 bits per heavy atom. The summed E-state index contributed by atoms with van der Waals surface area (Å²) in [6, 6.07) is 9.82. The molecule has 0 aliphatic heterocycles. The molecule has 1 unspecified atom stereocenters. The molecule has 0 bridgehead atoms. The average molecular weight is 401 g/mol. The Morgan fingerprint density at radius 1 is 1.07 bits per heavy atom. The molecule has 156 valence electrons. The van der Waals surface area contributed by atoms with E-state index >= 15 is 0 Å². The maximum Gasteiger partial charge on any atom is 0.346 e. The van der Waals surface area contributed by atoms with E-state index in [9.17, 15) is 13.6 Å². The van der Waals surface area contributed by atoms with Crippen LogP contribution in [0.2, 0.25) is 0 Å². The van der Waals surface area contributed by atoms with Crippen LogP contribution in [-0.4, -0.2) is 5.97 Å². The minimum atomic E-state index is -0.775. The van der Waals surface area contributed by atoms with Gasteiger partial charge in [0.15, 0.2) is 0 Å². The van der Waals surface area contributed by atoms with E-state index in [4.69, 9.17) is 4.74 Å². The smallest absolute Gasteiger partial charge is 0.346 e. The van der Waals surface area contributed by atoms with Gasteiger partial charge in [0, 0.05) is 0 Å². The van der Waals surface area contributed by atoms with Crippen LogP contribution in [0, 0.1) is 29.4 Å². The Kier molecular flexibility index (Phi) is 7.40. The van der Waals surface area contributed by atoms with Crippen LogP contribution in [-0.2, 0) is 6.42 Å². The van der Waals surface area contributed by atoms with Crippen molar-refractivity contribution in [2.75, 3.05) is 0 Å². The lowest BCUT2D eigenvalue weighted by Crippen LogP contribution is -2.21. The molecule has 0 saturated heterocycles. The average Bonchev–Trinajstić information content (AvgIpc) is 2.70. The van der Waals surface area contributed by atoms with Crippen LogP contribution in [0.15, 0.2) is 42.5 Å². The lowest BCUT2D eigenvalue weighted by atomic mass is 9.74. The first-order valence-electron chi connectivity index (χ1n) is 10.7. The number of esters is 1. The molecule has 3 rings (SSSR count). The van der Waals surface area contributed by atoms with Gasteiger partial charge >= 0.3 is 5.97 Å². The first-order valence-corrected chi connectivity index (χ1v) is 10.7. The number of carbonyl (C=O) groups excluding carboxylic acids is 1. The first kappa shape index (κ1) is 21.5. The van der Waals surface area contributed by atoms with Crippen LogP contribution in [0.1, 0.15) is 68.3 Å². The third-order valence-electron chi connectivity index (χ3n) is 6.23. The minimum absolute atomic E-state index is 0.106. The van der Waals surface area contributed by atoms with E-state index in [-0.39, 0.29) is 11.3 Å². The fraction of sp³-hybridized carbons (Fsp3) is 0.480. The quantitative estimate of drug-likeness (QED) is 0.370. The summed E-state index contributed by atoms with van der Waals surface area (Å²) in [4.78, 5) is 12.2. The second-order valence-corrected chi connectivity index (χ2v) is 8.41. The van der Waals surface area contributed by atoms with Crippen molar-refractivity contribution in [3.05, 3.63) is 65.2 Å². The van der Waals surface area contributed by atoms with Crippen molar-refractivity contribution in [2.45, 2.75) is 58.8 Å². The molecule has 2 aromatic rings. The summed E-state index contributed by atoms with van der Waals surface area (Å²) in [5.41, 5.74) is 0.801. The van der Waals surface area contributed by atoms with Gasteiger partial charge in [-0.3, -0.25) is 0 Å². The SMILES string of the molecule is CCCC1CCC(C(C)Cc2ccc(C(=O)Oc3ccc(F)cc3)c(F)c2)CC1. The van der Waals surface area contributed by atoms with Crippen molar-refractivity contribution in [3.63, 3.8) is 0 Å². The van der Waals surface area contributed by atoms with E-state index in [0.29, 0.717) is 11.8 Å². The number of carbonyl (C=O) groups is 1. The Hall–Kier alpha value is -2.23. The molecule has 0 spiro atoms. The number of halogens is 2. The maximum absolute atomic E-state index is 14.5. The van der Waals surface area contributed by atoms with E-state index in [1.165, 1.54) is 74.9 Å². The van der Waals surface area contributed by atoms with E-state index in [2.05, 4.69) is 13.8 Å². The summed E-state index contributed by atoms with van der Waals surface area (Å²) >= 11 is 0. The molecule has 0 heterocycles. The van der Waals surface area contributed by atoms with E-state index < -0.39 is 17.6 Å². The van der Waals surface area contributed by atoms with Gasteiger partial charge < -0.3 is 4.74 Å². The monoisotopic (exact) mass is 400 g/mol. The number of benzene rings is 2. The number of hydrogen-bond acceptors (Lipinski definition) is 2. The van der Waals surface area contributed by atoms with Gasteiger partial charge in [0.05, 0.1) is 5.56 Å². The van der Waals surface area contributed by atoms with Gasteiger partial charge in [-0.25, -0.2) is 13.6 Å². The lowest BCUT2D eigenvalue weighted by molar-refractivity contribution is 0.0729. The number of hydrogen-bond donors (Lipinski definition) is 0. The van der Waals surface area contributed by atoms with Crippen LogP contribution in [0.25, 0.3) is 0 Å². The zero-order chi connectivity index (χ0) is 20.8. The highest BCUT2D eigenvalue weighted by molar-refractivity contribution is 5.91. The van der Waals surface area contributed by atoms with Crippen molar-refractivity contribution in [1.29, 1.82) is 0 Å². The van der Waals surface area contributed by atoms with Crippen molar-refractivity contribution in [2.24, 2.45) is 17.8 Å². The largest absolute Gasteiger partial charge is 0.423 e. The van der Waals surface area contributed by atoms with Crippen molar-refractivity contribution in [1.82, 2.24) is 0 Å². The van der Waals surface area contributed by atoms with Crippen LogP contribution in [0.4, 0.5) is 8.78 Å². The van der Waals surface area contributed by atoms with Gasteiger partial charge in [0.1, 0.15) is 17.4 Å². The Balaban J connectivity index is 1.57. The Labute approximate surface area is 172 Å². The van der Waals surface area contributed by atoms with Gasteiger partial charge in [-0.15, -0.1) is 0 Å². The maximum atomic E-state index is 14.5. The minimum Gasteiger partial charge on any atom is -0.423 e. The van der Waals surface area contributed by atoms with Gasteiger partial charge in [-0.1, -0.05) is 45.6 Å². The summed E-state index contributed by atoms with van der Waals surface area (Å²) in [5.74, 6) is 0.479. The molecule has 0 N–H and O–H groups in total. The number of rotatable bonds is 7. The fourth-order valence-corrected chi connectivity index (χ4v) is 4.51. The predicted molar refractivity (Wildman–Crippen MR) is 111 cm³/mol. The second-order valence-electron chi connectivity index (χ2n) is 8.41. The molecule has 0 radical (unpaired) electrons. The van der Waals surface area contributed by atoms with Crippen LogP contribution < -0.4 is 4.74 Å². The van der Waals surface area contributed by atoms with E-state index in [1.54, 1.807) is 0 Å². The molecular weight excluding hydrogens is 370 g/mol. The zero-order valence-corrected chi connectivity index (χ0v) is 17.3. The normalized spacial score (nSPS) is 20.3. The Bertz CT molecular complexity index is 808. The molecule has 1 fully saturated rings. The third-order valence-corrected chi connectivity index (χ3v) is 6.23. The van der Waals surface area contributed by atoms with Gasteiger partial charge in [-0.05, 0) is 79.0 Å². The molecule has 29 heavy (non-hydrogen) atoms. The lowest BCUT2D eigenvalue weighted by Gasteiger charge is -2.32. The van der Waals surface area contributed by atoms with Gasteiger partial charge in [0.25, 0.3) is 0 Å². The molecule has 0 aromatic heterocycles. The van der Waals surface area contributed by atoms with Crippen LogP contribution in [0.3, 0.4) is 0 Å². The van der Waals surface area contributed by atoms with E-state index in [1.807, 2.05) is 6.07 Å². The fourth-order valence-electron chi connectivity index (χ4n) is 4.51.